The van der Waals surface area contributed by atoms with Crippen LogP contribution in [0.3, 0.4) is 0 Å². The Hall–Kier alpha value is -3.55. The Balaban J connectivity index is 1.49. The van der Waals surface area contributed by atoms with Crippen molar-refractivity contribution in [1.82, 2.24) is 15.8 Å². The minimum atomic E-state index is -0.433. The summed E-state index contributed by atoms with van der Waals surface area (Å²) in [5.41, 5.74) is 9.13. The normalized spacial score (nSPS) is 24.2. The van der Waals surface area contributed by atoms with E-state index in [2.05, 4.69) is 10.9 Å². The van der Waals surface area contributed by atoms with Crippen LogP contribution < -0.4 is 15.6 Å². The molecule has 0 radical (unpaired) electrons. The molecular weight excluding hydrogens is 418 g/mol. The van der Waals surface area contributed by atoms with Gasteiger partial charge >= 0.3 is 0 Å². The SMILES string of the molecule is COc1ccc(CCN2C(=O)C3NNC(c4ccccc4O)C3C2c2cccc(O)c2)cc1. The number of methoxy groups -OCH3 is 1. The van der Waals surface area contributed by atoms with Crippen LogP contribution in [-0.2, 0) is 11.2 Å². The first kappa shape index (κ1) is 21.3. The summed E-state index contributed by atoms with van der Waals surface area (Å²) in [5, 5.41) is 20.7. The number of likely N-dealkylation sites (tertiary alicyclic amines) is 1. The predicted molar refractivity (Wildman–Crippen MR) is 124 cm³/mol. The Labute approximate surface area is 192 Å². The van der Waals surface area contributed by atoms with Crippen molar-refractivity contribution >= 4 is 5.91 Å². The number of aromatic hydroxyl groups is 2. The van der Waals surface area contributed by atoms with Crippen molar-refractivity contribution in [2.75, 3.05) is 13.7 Å². The van der Waals surface area contributed by atoms with Crippen molar-refractivity contribution < 1.29 is 19.7 Å². The molecular formula is C26H27N3O4. The molecule has 0 saturated carbocycles. The summed E-state index contributed by atoms with van der Waals surface area (Å²) >= 11 is 0. The Morgan fingerprint density at radius 2 is 1.70 bits per heavy atom. The quantitative estimate of drug-likeness (QED) is 0.466. The van der Waals surface area contributed by atoms with Crippen molar-refractivity contribution in [1.29, 1.82) is 0 Å². The maximum Gasteiger partial charge on any atom is 0.242 e. The molecule has 1 amide bonds. The number of fused-ring (bicyclic) bond motifs is 1. The van der Waals surface area contributed by atoms with Gasteiger partial charge in [-0.1, -0.05) is 42.5 Å². The minimum absolute atomic E-state index is 0.00674. The zero-order valence-corrected chi connectivity index (χ0v) is 18.3. The third kappa shape index (κ3) is 3.90. The first-order valence-electron chi connectivity index (χ1n) is 11.1. The molecule has 4 atom stereocenters. The number of para-hydroxylation sites is 1. The summed E-state index contributed by atoms with van der Waals surface area (Å²) in [7, 11) is 1.64. The van der Waals surface area contributed by atoms with E-state index >= 15 is 0 Å². The fourth-order valence-electron chi connectivity index (χ4n) is 5.12. The average molecular weight is 446 g/mol. The second-order valence-corrected chi connectivity index (χ2v) is 8.55. The molecule has 0 spiro atoms. The monoisotopic (exact) mass is 445 g/mol. The van der Waals surface area contributed by atoms with Gasteiger partial charge in [-0.15, -0.1) is 0 Å². The molecule has 7 nitrogen and oxygen atoms in total. The van der Waals surface area contributed by atoms with E-state index < -0.39 is 6.04 Å². The van der Waals surface area contributed by atoms with E-state index in [0.29, 0.717) is 13.0 Å². The van der Waals surface area contributed by atoms with Gasteiger partial charge in [-0.3, -0.25) is 4.79 Å². The smallest absolute Gasteiger partial charge is 0.242 e. The molecule has 4 unspecified atom stereocenters. The van der Waals surface area contributed by atoms with Gasteiger partial charge in [0.15, 0.2) is 0 Å². The van der Waals surface area contributed by atoms with E-state index in [4.69, 9.17) is 4.74 Å². The summed E-state index contributed by atoms with van der Waals surface area (Å²) in [6.45, 7) is 0.535. The van der Waals surface area contributed by atoms with Crippen LogP contribution in [0.5, 0.6) is 17.2 Å². The van der Waals surface area contributed by atoms with Crippen LogP contribution in [0.4, 0.5) is 0 Å². The number of ether oxygens (including phenoxy) is 1. The minimum Gasteiger partial charge on any atom is -0.508 e. The number of carbonyl (C=O) groups is 1. The highest BCUT2D eigenvalue weighted by Gasteiger charge is 2.55. The number of hydrazine groups is 1. The summed E-state index contributed by atoms with van der Waals surface area (Å²) in [4.78, 5) is 15.4. The summed E-state index contributed by atoms with van der Waals surface area (Å²) in [5.74, 6) is 0.993. The molecule has 2 aliphatic heterocycles. The highest BCUT2D eigenvalue weighted by Crippen LogP contribution is 2.48. The molecule has 2 heterocycles. The number of carbonyl (C=O) groups excluding carboxylic acids is 1. The molecule has 0 aliphatic carbocycles. The summed E-state index contributed by atoms with van der Waals surface area (Å²) < 4.78 is 5.24. The molecule has 0 aromatic heterocycles. The molecule has 2 fully saturated rings. The first-order valence-corrected chi connectivity index (χ1v) is 11.1. The Morgan fingerprint density at radius 1 is 0.939 bits per heavy atom. The van der Waals surface area contributed by atoms with Gasteiger partial charge in [-0.25, -0.2) is 10.9 Å². The molecule has 5 rings (SSSR count). The number of hydrogen-bond donors (Lipinski definition) is 4. The van der Waals surface area contributed by atoms with Gasteiger partial charge in [0.05, 0.1) is 19.2 Å². The third-order valence-corrected chi connectivity index (χ3v) is 6.70. The van der Waals surface area contributed by atoms with E-state index in [1.165, 1.54) is 0 Å². The number of phenolic OH excluding ortho intramolecular Hbond substituents is 2. The van der Waals surface area contributed by atoms with Gasteiger partial charge in [0, 0.05) is 18.0 Å². The van der Waals surface area contributed by atoms with Gasteiger partial charge in [-0.05, 0) is 47.9 Å². The number of amides is 1. The van der Waals surface area contributed by atoms with Gasteiger partial charge < -0.3 is 19.8 Å². The zero-order chi connectivity index (χ0) is 22.9. The van der Waals surface area contributed by atoms with Gasteiger partial charge in [-0.2, -0.15) is 0 Å². The maximum absolute atomic E-state index is 13.5. The molecule has 0 bridgehead atoms. The van der Waals surface area contributed by atoms with E-state index in [9.17, 15) is 15.0 Å². The van der Waals surface area contributed by atoms with Crippen LogP contribution in [0.25, 0.3) is 0 Å². The van der Waals surface area contributed by atoms with Crippen molar-refractivity contribution in [3.63, 3.8) is 0 Å². The first-order chi connectivity index (χ1) is 16.1. The van der Waals surface area contributed by atoms with Crippen LogP contribution in [0.2, 0.25) is 0 Å². The molecule has 7 heteroatoms. The fraction of sp³-hybridized carbons (Fsp3) is 0.269. The second kappa shape index (κ2) is 8.77. The zero-order valence-electron chi connectivity index (χ0n) is 18.3. The third-order valence-electron chi connectivity index (χ3n) is 6.70. The van der Waals surface area contributed by atoms with Crippen molar-refractivity contribution in [2.24, 2.45) is 5.92 Å². The molecule has 3 aromatic rings. The fourth-order valence-corrected chi connectivity index (χ4v) is 5.12. The highest BCUT2D eigenvalue weighted by molar-refractivity contribution is 5.86. The molecule has 170 valence electrons. The van der Waals surface area contributed by atoms with Gasteiger partial charge in [0.1, 0.15) is 23.3 Å². The Morgan fingerprint density at radius 3 is 2.42 bits per heavy atom. The maximum atomic E-state index is 13.5. The topological polar surface area (TPSA) is 94.1 Å². The second-order valence-electron chi connectivity index (χ2n) is 8.55. The standard InChI is InChI=1S/C26H27N3O4/c1-33-19-11-9-16(10-12-19)13-14-29-25(17-5-4-6-18(30)15-17)22-23(27-28-24(22)26(29)32)20-7-2-3-8-21(20)31/h2-12,15,22-25,27-28,30-31H,13-14H2,1H3. The number of nitrogens with zero attached hydrogens (tertiary/aromatic N) is 1. The lowest BCUT2D eigenvalue weighted by atomic mass is 9.83. The van der Waals surface area contributed by atoms with Crippen LogP contribution in [0.15, 0.2) is 72.8 Å². The molecule has 3 aromatic carbocycles. The molecule has 2 aliphatic rings. The lowest BCUT2D eigenvalue weighted by Gasteiger charge is -2.31. The number of hydrogen-bond acceptors (Lipinski definition) is 6. The number of benzene rings is 3. The number of rotatable bonds is 6. The van der Waals surface area contributed by atoms with E-state index in [0.717, 1.165) is 22.4 Å². The molecule has 33 heavy (non-hydrogen) atoms. The largest absolute Gasteiger partial charge is 0.508 e. The Kier molecular flexibility index (Phi) is 5.66. The van der Waals surface area contributed by atoms with Crippen LogP contribution in [0, 0.1) is 5.92 Å². The summed E-state index contributed by atoms with van der Waals surface area (Å²) in [6, 6.07) is 21.2. The lowest BCUT2D eigenvalue weighted by Crippen LogP contribution is -2.42. The Bertz CT molecular complexity index is 1150. The van der Waals surface area contributed by atoms with Gasteiger partial charge in [0.25, 0.3) is 0 Å². The van der Waals surface area contributed by atoms with Crippen molar-refractivity contribution in [3.8, 4) is 17.2 Å². The average Bonchev–Trinajstić information content (AvgIpc) is 3.37. The van der Waals surface area contributed by atoms with Crippen LogP contribution in [0.1, 0.15) is 28.8 Å². The number of phenols is 2. The van der Waals surface area contributed by atoms with E-state index in [1.54, 1.807) is 37.4 Å². The van der Waals surface area contributed by atoms with Gasteiger partial charge in [0.2, 0.25) is 5.91 Å². The van der Waals surface area contributed by atoms with Crippen molar-refractivity contribution in [3.05, 3.63) is 89.5 Å². The lowest BCUT2D eigenvalue weighted by molar-refractivity contribution is -0.130. The van der Waals surface area contributed by atoms with Crippen LogP contribution >= 0.6 is 0 Å². The van der Waals surface area contributed by atoms with Crippen LogP contribution in [-0.4, -0.2) is 40.7 Å². The van der Waals surface area contributed by atoms with Crippen molar-refractivity contribution in [2.45, 2.75) is 24.5 Å². The summed E-state index contributed by atoms with van der Waals surface area (Å²) in [6.07, 6.45) is 0.694. The highest BCUT2D eigenvalue weighted by atomic mass is 16.5. The molecule has 2 saturated heterocycles. The molecule has 4 N–H and O–H groups in total. The van der Waals surface area contributed by atoms with E-state index in [-0.39, 0.29) is 35.4 Å². The van der Waals surface area contributed by atoms with E-state index in [1.807, 2.05) is 47.4 Å². The predicted octanol–water partition coefficient (Wildman–Crippen LogP) is 3.07. The number of nitrogens with one attached hydrogen (secondary N) is 2.